The fourth-order valence-electron chi connectivity index (χ4n) is 2.43. The number of benzene rings is 1. The number of aryl methyl sites for hydroxylation is 1. The van der Waals surface area contributed by atoms with E-state index in [2.05, 4.69) is 6.07 Å². The molecule has 1 fully saturated rings. The third-order valence-electron chi connectivity index (χ3n) is 3.49. The normalized spacial score (nSPS) is 18.2. The number of rotatable bonds is 5. The lowest BCUT2D eigenvalue weighted by Crippen LogP contribution is -2.15. The molecular weight excluding hydrogens is 264 g/mol. The topological polar surface area (TPSA) is 20.2 Å². The number of halogens is 1. The van der Waals surface area contributed by atoms with E-state index in [-0.39, 0.29) is 6.10 Å². The first kappa shape index (κ1) is 14.2. The summed E-state index contributed by atoms with van der Waals surface area (Å²) in [6, 6.07) is 6.05. The second kappa shape index (κ2) is 6.83. The van der Waals surface area contributed by atoms with E-state index in [4.69, 9.17) is 11.6 Å². The van der Waals surface area contributed by atoms with Crippen molar-refractivity contribution in [3.05, 3.63) is 34.3 Å². The van der Waals surface area contributed by atoms with Gasteiger partial charge < -0.3 is 5.11 Å². The molecule has 0 aromatic heterocycles. The summed E-state index contributed by atoms with van der Waals surface area (Å²) in [6.45, 7) is 2.03. The van der Waals surface area contributed by atoms with Gasteiger partial charge in [-0.3, -0.25) is 0 Å². The van der Waals surface area contributed by atoms with Crippen LogP contribution in [0.3, 0.4) is 0 Å². The molecule has 1 aliphatic rings. The van der Waals surface area contributed by atoms with E-state index >= 15 is 0 Å². The van der Waals surface area contributed by atoms with Crippen LogP contribution in [0.1, 0.15) is 36.8 Å². The molecule has 0 spiro atoms. The Morgan fingerprint density at radius 3 is 2.78 bits per heavy atom. The summed E-state index contributed by atoms with van der Waals surface area (Å²) in [4.78, 5) is 0. The fraction of sp³-hybridized carbons (Fsp3) is 0.600. The number of hydrogen-bond acceptors (Lipinski definition) is 2. The van der Waals surface area contributed by atoms with Crippen LogP contribution in [0.4, 0.5) is 0 Å². The summed E-state index contributed by atoms with van der Waals surface area (Å²) < 4.78 is 0. The maximum absolute atomic E-state index is 10.1. The maximum atomic E-state index is 10.1. The van der Waals surface area contributed by atoms with Gasteiger partial charge in [0.05, 0.1) is 6.10 Å². The molecule has 100 valence electrons. The van der Waals surface area contributed by atoms with Gasteiger partial charge in [-0.1, -0.05) is 36.6 Å². The first-order valence-corrected chi connectivity index (χ1v) is 8.12. The summed E-state index contributed by atoms with van der Waals surface area (Å²) in [5.41, 5.74) is 2.22. The van der Waals surface area contributed by atoms with E-state index in [1.807, 2.05) is 30.8 Å². The molecule has 0 heterocycles. The van der Waals surface area contributed by atoms with E-state index in [0.29, 0.717) is 6.42 Å². The molecule has 1 nitrogen and oxygen atoms in total. The van der Waals surface area contributed by atoms with Crippen molar-refractivity contribution in [2.24, 2.45) is 0 Å². The second-order valence-electron chi connectivity index (χ2n) is 5.19. The van der Waals surface area contributed by atoms with Crippen molar-refractivity contribution in [2.75, 3.05) is 5.75 Å². The lowest BCUT2D eigenvalue weighted by molar-refractivity contribution is 0.200. The second-order valence-corrected chi connectivity index (χ2v) is 6.93. The van der Waals surface area contributed by atoms with Crippen molar-refractivity contribution in [1.29, 1.82) is 0 Å². The van der Waals surface area contributed by atoms with Crippen LogP contribution in [-0.2, 0) is 6.42 Å². The monoisotopic (exact) mass is 284 g/mol. The first-order chi connectivity index (χ1) is 8.65. The van der Waals surface area contributed by atoms with Crippen molar-refractivity contribution in [1.82, 2.24) is 0 Å². The van der Waals surface area contributed by atoms with Crippen molar-refractivity contribution in [3.8, 4) is 0 Å². The Hall–Kier alpha value is -0.180. The van der Waals surface area contributed by atoms with Crippen LogP contribution in [0.25, 0.3) is 0 Å². The van der Waals surface area contributed by atoms with E-state index < -0.39 is 0 Å². The van der Waals surface area contributed by atoms with Crippen LogP contribution in [0.15, 0.2) is 18.2 Å². The summed E-state index contributed by atoms with van der Waals surface area (Å²) in [5.74, 6) is 0.828. The molecule has 18 heavy (non-hydrogen) atoms. The van der Waals surface area contributed by atoms with E-state index in [0.717, 1.165) is 21.6 Å². The zero-order chi connectivity index (χ0) is 13.0. The number of aliphatic hydroxyl groups excluding tert-OH is 1. The van der Waals surface area contributed by atoms with Gasteiger partial charge in [0.2, 0.25) is 0 Å². The molecule has 2 rings (SSSR count). The van der Waals surface area contributed by atoms with Crippen molar-refractivity contribution < 1.29 is 5.11 Å². The molecule has 1 aromatic rings. The average molecular weight is 285 g/mol. The Kier molecular flexibility index (Phi) is 5.40. The van der Waals surface area contributed by atoms with E-state index in [9.17, 15) is 5.11 Å². The molecule has 1 aromatic carbocycles. The maximum Gasteiger partial charge on any atom is 0.0671 e. The molecule has 0 bridgehead atoms. The summed E-state index contributed by atoms with van der Waals surface area (Å²) in [7, 11) is 0. The largest absolute Gasteiger partial charge is 0.392 e. The predicted molar refractivity (Wildman–Crippen MR) is 80.6 cm³/mol. The minimum Gasteiger partial charge on any atom is -0.392 e. The Labute approximate surface area is 119 Å². The van der Waals surface area contributed by atoms with Gasteiger partial charge in [0, 0.05) is 22.4 Å². The highest BCUT2D eigenvalue weighted by Crippen LogP contribution is 2.30. The Morgan fingerprint density at radius 2 is 2.11 bits per heavy atom. The number of hydrogen-bond donors (Lipinski definition) is 1. The van der Waals surface area contributed by atoms with Gasteiger partial charge in [0.1, 0.15) is 0 Å². The number of thioether (sulfide) groups is 1. The lowest BCUT2D eigenvalue weighted by Gasteiger charge is -2.14. The summed E-state index contributed by atoms with van der Waals surface area (Å²) >= 11 is 8.11. The predicted octanol–water partition coefficient (Wildman–Crippen LogP) is 4.23. The molecule has 0 amide bonds. The van der Waals surface area contributed by atoms with Crippen molar-refractivity contribution in [3.63, 3.8) is 0 Å². The van der Waals surface area contributed by atoms with Gasteiger partial charge in [0.25, 0.3) is 0 Å². The zero-order valence-electron chi connectivity index (χ0n) is 10.9. The summed E-state index contributed by atoms with van der Waals surface area (Å²) in [6.07, 6.45) is 5.75. The number of aliphatic hydroxyl groups is 1. The molecule has 3 heteroatoms. The Bertz CT molecular complexity index is 388. The van der Waals surface area contributed by atoms with Crippen LogP contribution in [0.5, 0.6) is 0 Å². The molecule has 1 atom stereocenters. The Balaban J connectivity index is 1.80. The smallest absolute Gasteiger partial charge is 0.0671 e. The zero-order valence-corrected chi connectivity index (χ0v) is 12.4. The third-order valence-corrected chi connectivity index (χ3v) is 5.36. The van der Waals surface area contributed by atoms with Crippen LogP contribution in [-0.4, -0.2) is 22.2 Å². The lowest BCUT2D eigenvalue weighted by atomic mass is 10.1. The molecule has 0 aliphatic heterocycles. The highest BCUT2D eigenvalue weighted by atomic mass is 35.5. The average Bonchev–Trinajstić information content (AvgIpc) is 2.83. The molecule has 1 saturated carbocycles. The molecule has 1 aliphatic carbocycles. The SMILES string of the molecule is Cc1ccc(CC(O)CSC2CCCC2)c(Cl)c1. The standard InChI is InChI=1S/C15H21ClOS/c1-11-6-7-12(15(16)8-11)9-13(17)10-18-14-4-2-3-5-14/h6-8,13-14,17H,2-5,9-10H2,1H3. The minimum absolute atomic E-state index is 0.282. The third kappa shape index (κ3) is 4.18. The van der Waals surface area contributed by atoms with Gasteiger partial charge in [0.15, 0.2) is 0 Å². The van der Waals surface area contributed by atoms with Gasteiger partial charge in [-0.2, -0.15) is 11.8 Å². The van der Waals surface area contributed by atoms with Gasteiger partial charge >= 0.3 is 0 Å². The van der Waals surface area contributed by atoms with Gasteiger partial charge in [-0.25, -0.2) is 0 Å². The molecular formula is C15H21ClOS. The minimum atomic E-state index is -0.282. The highest BCUT2D eigenvalue weighted by molar-refractivity contribution is 7.99. The molecule has 0 saturated heterocycles. The quantitative estimate of drug-likeness (QED) is 0.873. The molecule has 1 N–H and O–H groups in total. The van der Waals surface area contributed by atoms with E-state index in [1.165, 1.54) is 31.2 Å². The van der Waals surface area contributed by atoms with Crippen LogP contribution < -0.4 is 0 Å². The fourth-order valence-corrected chi connectivity index (χ4v) is 4.02. The van der Waals surface area contributed by atoms with Crippen LogP contribution in [0.2, 0.25) is 5.02 Å². The van der Waals surface area contributed by atoms with Crippen molar-refractivity contribution in [2.45, 2.75) is 50.4 Å². The molecule has 1 unspecified atom stereocenters. The van der Waals surface area contributed by atoms with Crippen LogP contribution in [0, 0.1) is 6.92 Å². The van der Waals surface area contributed by atoms with Crippen molar-refractivity contribution >= 4 is 23.4 Å². The van der Waals surface area contributed by atoms with E-state index in [1.54, 1.807) is 0 Å². The molecule has 0 radical (unpaired) electrons. The Morgan fingerprint density at radius 1 is 1.39 bits per heavy atom. The first-order valence-electron chi connectivity index (χ1n) is 6.70. The highest BCUT2D eigenvalue weighted by Gasteiger charge is 2.17. The van der Waals surface area contributed by atoms with Gasteiger partial charge in [-0.05, 0) is 37.0 Å². The summed E-state index contributed by atoms with van der Waals surface area (Å²) in [5, 5.41) is 11.6. The van der Waals surface area contributed by atoms with Crippen LogP contribution >= 0.6 is 23.4 Å². The van der Waals surface area contributed by atoms with Gasteiger partial charge in [-0.15, -0.1) is 0 Å².